The van der Waals surface area contributed by atoms with Crippen LogP contribution in [0.4, 0.5) is 5.69 Å². The van der Waals surface area contributed by atoms with E-state index < -0.39 is 0 Å². The Morgan fingerprint density at radius 3 is 2.00 bits per heavy atom. The minimum atomic E-state index is 0.460. The molecule has 0 bridgehead atoms. The van der Waals surface area contributed by atoms with E-state index in [1.54, 1.807) is 0 Å². The zero-order valence-electron chi connectivity index (χ0n) is 13.6. The van der Waals surface area contributed by atoms with Crippen LogP contribution in [0.1, 0.15) is 62.0 Å². The summed E-state index contributed by atoms with van der Waals surface area (Å²) in [4.78, 5) is 9.26. The fraction of sp³-hybridized carbons (Fsp3) is 0.368. The molecule has 0 radical (unpaired) electrons. The molecular weight excluding hydrogens is 256 g/mol. The van der Waals surface area contributed by atoms with Crippen LogP contribution in [0.25, 0.3) is 0 Å². The highest BCUT2D eigenvalue weighted by molar-refractivity contribution is 5.80. The lowest BCUT2D eigenvalue weighted by molar-refractivity contribution is 0.835. The average molecular weight is 280 g/mol. The number of benzene rings is 1. The van der Waals surface area contributed by atoms with E-state index in [1.807, 2.05) is 31.3 Å². The van der Waals surface area contributed by atoms with Crippen molar-refractivity contribution >= 4 is 11.9 Å². The van der Waals surface area contributed by atoms with Crippen molar-refractivity contribution in [2.75, 3.05) is 0 Å². The van der Waals surface area contributed by atoms with E-state index in [4.69, 9.17) is 4.99 Å². The van der Waals surface area contributed by atoms with Gasteiger partial charge in [-0.1, -0.05) is 52.0 Å². The van der Waals surface area contributed by atoms with E-state index in [1.165, 1.54) is 11.1 Å². The van der Waals surface area contributed by atoms with Crippen molar-refractivity contribution in [1.82, 2.24) is 4.98 Å². The third kappa shape index (κ3) is 3.78. The van der Waals surface area contributed by atoms with Gasteiger partial charge in [-0.3, -0.25) is 9.98 Å². The standard InChI is InChI=1S/C19H24N2/c1-13(2)17-10-7-11-18(14(3)4)19(17)20-12-16-9-6-8-15(5)21-16/h6-14H,1-5H3. The van der Waals surface area contributed by atoms with E-state index >= 15 is 0 Å². The average Bonchev–Trinajstić information content (AvgIpc) is 2.44. The second kappa shape index (κ2) is 6.66. The quantitative estimate of drug-likeness (QED) is 0.689. The van der Waals surface area contributed by atoms with Crippen molar-refractivity contribution in [3.63, 3.8) is 0 Å². The van der Waals surface area contributed by atoms with Crippen LogP contribution in [0.2, 0.25) is 0 Å². The van der Waals surface area contributed by atoms with Gasteiger partial charge in [0.05, 0.1) is 17.6 Å². The lowest BCUT2D eigenvalue weighted by atomic mass is 9.93. The molecular formula is C19H24N2. The molecule has 2 rings (SSSR count). The topological polar surface area (TPSA) is 25.2 Å². The fourth-order valence-corrected chi connectivity index (χ4v) is 2.43. The summed E-state index contributed by atoms with van der Waals surface area (Å²) in [7, 11) is 0. The van der Waals surface area contributed by atoms with Crippen LogP contribution in [0.5, 0.6) is 0 Å². The lowest BCUT2D eigenvalue weighted by Gasteiger charge is -2.16. The van der Waals surface area contributed by atoms with E-state index in [0.717, 1.165) is 17.1 Å². The zero-order valence-corrected chi connectivity index (χ0v) is 13.6. The van der Waals surface area contributed by atoms with Crippen molar-refractivity contribution in [3.05, 3.63) is 58.9 Å². The maximum Gasteiger partial charge on any atom is 0.0815 e. The van der Waals surface area contributed by atoms with Crippen molar-refractivity contribution in [2.45, 2.75) is 46.5 Å². The third-order valence-electron chi connectivity index (χ3n) is 3.58. The first-order valence-electron chi connectivity index (χ1n) is 7.59. The Hall–Kier alpha value is -1.96. The predicted molar refractivity (Wildman–Crippen MR) is 90.8 cm³/mol. The van der Waals surface area contributed by atoms with Gasteiger partial charge in [0.1, 0.15) is 0 Å². The number of aromatic nitrogens is 1. The Morgan fingerprint density at radius 1 is 0.905 bits per heavy atom. The minimum Gasteiger partial charge on any atom is -0.254 e. The van der Waals surface area contributed by atoms with Gasteiger partial charge in [0.15, 0.2) is 0 Å². The van der Waals surface area contributed by atoms with Gasteiger partial charge in [-0.2, -0.15) is 0 Å². The summed E-state index contributed by atoms with van der Waals surface area (Å²) in [5, 5.41) is 0. The molecule has 1 aromatic carbocycles. The van der Waals surface area contributed by atoms with Gasteiger partial charge >= 0.3 is 0 Å². The van der Waals surface area contributed by atoms with Gasteiger partial charge in [0.2, 0.25) is 0 Å². The molecule has 0 N–H and O–H groups in total. The van der Waals surface area contributed by atoms with Crippen molar-refractivity contribution in [3.8, 4) is 0 Å². The Kier molecular flexibility index (Phi) is 4.89. The molecule has 1 aromatic heterocycles. The summed E-state index contributed by atoms with van der Waals surface area (Å²) in [6.07, 6.45) is 1.88. The molecule has 0 aliphatic rings. The van der Waals surface area contributed by atoms with Crippen molar-refractivity contribution < 1.29 is 0 Å². The molecule has 0 aliphatic heterocycles. The van der Waals surface area contributed by atoms with Gasteiger partial charge in [-0.15, -0.1) is 0 Å². The van der Waals surface area contributed by atoms with Crippen LogP contribution >= 0.6 is 0 Å². The van der Waals surface area contributed by atoms with Crippen LogP contribution in [-0.4, -0.2) is 11.2 Å². The second-order valence-corrected chi connectivity index (χ2v) is 6.06. The molecule has 2 aromatic rings. The number of para-hydroxylation sites is 1. The Balaban J connectivity index is 2.46. The van der Waals surface area contributed by atoms with Crippen LogP contribution in [0, 0.1) is 6.92 Å². The van der Waals surface area contributed by atoms with Gasteiger partial charge in [-0.25, -0.2) is 0 Å². The summed E-state index contributed by atoms with van der Waals surface area (Å²) in [6.45, 7) is 10.8. The monoisotopic (exact) mass is 280 g/mol. The number of hydrogen-bond donors (Lipinski definition) is 0. The van der Waals surface area contributed by atoms with E-state index in [0.29, 0.717) is 11.8 Å². The minimum absolute atomic E-state index is 0.460. The number of aryl methyl sites for hydroxylation is 1. The fourth-order valence-electron chi connectivity index (χ4n) is 2.43. The number of nitrogens with zero attached hydrogens (tertiary/aromatic N) is 2. The maximum absolute atomic E-state index is 4.77. The van der Waals surface area contributed by atoms with Crippen molar-refractivity contribution in [2.24, 2.45) is 4.99 Å². The number of rotatable bonds is 4. The summed E-state index contributed by atoms with van der Waals surface area (Å²) in [5.41, 5.74) is 5.62. The van der Waals surface area contributed by atoms with E-state index in [-0.39, 0.29) is 0 Å². The Morgan fingerprint density at radius 2 is 1.48 bits per heavy atom. The van der Waals surface area contributed by atoms with Crippen LogP contribution in [-0.2, 0) is 0 Å². The maximum atomic E-state index is 4.77. The molecule has 0 atom stereocenters. The molecule has 0 aliphatic carbocycles. The summed E-state index contributed by atoms with van der Waals surface area (Å²) in [6, 6.07) is 12.5. The van der Waals surface area contributed by atoms with Gasteiger partial charge < -0.3 is 0 Å². The highest BCUT2D eigenvalue weighted by Gasteiger charge is 2.12. The van der Waals surface area contributed by atoms with E-state index in [2.05, 4.69) is 50.9 Å². The summed E-state index contributed by atoms with van der Waals surface area (Å²) < 4.78 is 0. The van der Waals surface area contributed by atoms with Gasteiger partial charge in [0.25, 0.3) is 0 Å². The predicted octanol–water partition coefficient (Wildman–Crippen LogP) is 5.39. The zero-order chi connectivity index (χ0) is 15.4. The summed E-state index contributed by atoms with van der Waals surface area (Å²) in [5.74, 6) is 0.919. The van der Waals surface area contributed by atoms with Crippen LogP contribution in [0.15, 0.2) is 41.4 Å². The van der Waals surface area contributed by atoms with Crippen LogP contribution < -0.4 is 0 Å². The number of pyridine rings is 1. The summed E-state index contributed by atoms with van der Waals surface area (Å²) >= 11 is 0. The smallest absolute Gasteiger partial charge is 0.0815 e. The molecule has 0 saturated heterocycles. The van der Waals surface area contributed by atoms with Gasteiger partial charge in [-0.05, 0) is 42.0 Å². The molecule has 21 heavy (non-hydrogen) atoms. The van der Waals surface area contributed by atoms with E-state index in [9.17, 15) is 0 Å². The second-order valence-electron chi connectivity index (χ2n) is 6.06. The lowest BCUT2D eigenvalue weighted by Crippen LogP contribution is -1.96. The molecule has 0 amide bonds. The first-order chi connectivity index (χ1) is 9.99. The largest absolute Gasteiger partial charge is 0.254 e. The normalized spacial score (nSPS) is 11.8. The molecule has 2 nitrogen and oxygen atoms in total. The molecule has 0 unspecified atom stereocenters. The molecule has 2 heteroatoms. The number of hydrogen-bond acceptors (Lipinski definition) is 2. The highest BCUT2D eigenvalue weighted by Crippen LogP contribution is 2.34. The highest BCUT2D eigenvalue weighted by atomic mass is 14.8. The first-order valence-corrected chi connectivity index (χ1v) is 7.59. The van der Waals surface area contributed by atoms with Crippen molar-refractivity contribution in [1.29, 1.82) is 0 Å². The molecule has 0 spiro atoms. The van der Waals surface area contributed by atoms with Crippen LogP contribution in [0.3, 0.4) is 0 Å². The molecule has 1 heterocycles. The molecule has 0 fully saturated rings. The molecule has 0 saturated carbocycles. The Labute approximate surface area is 128 Å². The SMILES string of the molecule is Cc1cccc(C=Nc2c(C(C)C)cccc2C(C)C)n1. The molecule has 110 valence electrons. The number of aliphatic imine (C=N–C) groups is 1. The Bertz CT molecular complexity index is 614. The van der Waals surface area contributed by atoms with Gasteiger partial charge in [0, 0.05) is 5.69 Å². The first kappa shape index (κ1) is 15.4. The third-order valence-corrected chi connectivity index (χ3v) is 3.58.